The van der Waals surface area contributed by atoms with Gasteiger partial charge in [-0.05, 0) is 40.0 Å². The van der Waals surface area contributed by atoms with Crippen LogP contribution in [0.15, 0.2) is 0 Å². The van der Waals surface area contributed by atoms with Gasteiger partial charge in [-0.25, -0.2) is 0 Å². The molecule has 0 amide bonds. The summed E-state index contributed by atoms with van der Waals surface area (Å²) in [6.07, 6.45) is 3.41. The van der Waals surface area contributed by atoms with Gasteiger partial charge in [0.15, 0.2) is 6.29 Å². The molecule has 1 atom stereocenters. The number of ether oxygens (including phenoxy) is 3. The van der Waals surface area contributed by atoms with Gasteiger partial charge in [-0.15, -0.1) is 0 Å². The topological polar surface area (TPSA) is 27.7 Å². The van der Waals surface area contributed by atoms with E-state index in [-0.39, 0.29) is 19.3 Å². The number of hydrogen-bond donors (Lipinski definition) is 0. The molecule has 0 aromatic heterocycles. The van der Waals surface area contributed by atoms with Gasteiger partial charge in [0.25, 0.3) is 0 Å². The van der Waals surface area contributed by atoms with Crippen molar-refractivity contribution < 1.29 is 14.2 Å². The molecule has 0 bridgehead atoms. The second-order valence-corrected chi connectivity index (χ2v) is 4.63. The molecule has 0 N–H and O–H groups in total. The maximum absolute atomic E-state index is 5.54. The van der Waals surface area contributed by atoms with E-state index in [1.807, 2.05) is 20.8 Å². The molecule has 0 aliphatic carbocycles. The Balaban J connectivity index is 0.00000196. The fourth-order valence-electron chi connectivity index (χ4n) is 1.37. The van der Waals surface area contributed by atoms with E-state index in [0.717, 1.165) is 13.0 Å². The molecule has 0 spiro atoms. The van der Waals surface area contributed by atoms with Gasteiger partial charge < -0.3 is 14.2 Å². The maximum atomic E-state index is 5.54. The first kappa shape index (κ1) is 14.9. The minimum Gasteiger partial charge on any atom is -0.373 e. The molecule has 0 saturated carbocycles. The summed E-state index contributed by atoms with van der Waals surface area (Å²) in [6.45, 7) is 8.24. The normalized spacial score (nSPS) is 22.2. The maximum Gasteiger partial charge on any atom is 0.157 e. The zero-order chi connectivity index (χ0) is 10.4. The summed E-state index contributed by atoms with van der Waals surface area (Å²) in [5.41, 5.74) is -0.0726. The van der Waals surface area contributed by atoms with E-state index < -0.39 is 0 Å². The molecule has 0 radical (unpaired) electrons. The van der Waals surface area contributed by atoms with E-state index in [9.17, 15) is 0 Å². The first-order valence-corrected chi connectivity index (χ1v) is 5.45. The lowest BCUT2D eigenvalue weighted by Gasteiger charge is -2.24. The number of rotatable bonds is 4. The predicted octanol–water partition coefficient (Wildman–Crippen LogP) is 2.98. The highest BCUT2D eigenvalue weighted by Gasteiger charge is 2.14. The highest BCUT2D eigenvalue weighted by Crippen LogP contribution is 2.13. The van der Waals surface area contributed by atoms with E-state index in [1.54, 1.807) is 0 Å². The van der Waals surface area contributed by atoms with Crippen molar-refractivity contribution in [3.05, 3.63) is 0 Å². The third kappa shape index (κ3) is 7.77. The van der Waals surface area contributed by atoms with Gasteiger partial charge in [-0.2, -0.15) is 0 Å². The molecule has 0 aromatic carbocycles. The van der Waals surface area contributed by atoms with Crippen molar-refractivity contribution in [1.29, 1.82) is 0 Å². The third-order valence-corrected chi connectivity index (χ3v) is 2.06. The predicted molar refractivity (Wildman–Crippen MR) is 62.0 cm³/mol. The molecule has 1 saturated heterocycles. The van der Waals surface area contributed by atoms with Crippen LogP contribution in [0.5, 0.6) is 0 Å². The Labute approximate surface area is 94.1 Å². The van der Waals surface area contributed by atoms with Gasteiger partial charge in [0.2, 0.25) is 0 Å². The zero-order valence-electron chi connectivity index (χ0n) is 9.54. The van der Waals surface area contributed by atoms with Crippen molar-refractivity contribution >= 4 is 0 Å². The van der Waals surface area contributed by atoms with E-state index in [2.05, 4.69) is 0 Å². The van der Waals surface area contributed by atoms with Gasteiger partial charge in [-0.3, -0.25) is 0 Å². The summed E-state index contributed by atoms with van der Waals surface area (Å²) in [6, 6.07) is 0. The van der Waals surface area contributed by atoms with Gasteiger partial charge in [0, 0.05) is 6.61 Å². The average molecular weight is 218 g/mol. The van der Waals surface area contributed by atoms with Crippen LogP contribution in [0.4, 0.5) is 0 Å². The van der Waals surface area contributed by atoms with Gasteiger partial charge >= 0.3 is 0 Å². The minimum atomic E-state index is -0.0726. The Morgan fingerprint density at radius 2 is 1.93 bits per heavy atom. The van der Waals surface area contributed by atoms with Crippen LogP contribution in [0.3, 0.4) is 0 Å². The minimum absolute atomic E-state index is 0. The van der Waals surface area contributed by atoms with E-state index in [0.29, 0.717) is 13.2 Å². The second-order valence-electron chi connectivity index (χ2n) is 4.63. The molecule has 3 nitrogen and oxygen atoms in total. The Morgan fingerprint density at radius 1 is 1.20 bits per heavy atom. The van der Waals surface area contributed by atoms with Crippen molar-refractivity contribution in [2.75, 3.05) is 19.8 Å². The van der Waals surface area contributed by atoms with Crippen LogP contribution in [0.1, 0.15) is 47.5 Å². The third-order valence-electron chi connectivity index (χ3n) is 2.06. The zero-order valence-corrected chi connectivity index (χ0v) is 9.54. The summed E-state index contributed by atoms with van der Waals surface area (Å²) in [4.78, 5) is 0. The molecular weight excluding hydrogens is 192 g/mol. The van der Waals surface area contributed by atoms with E-state index in [1.165, 1.54) is 12.8 Å². The Bertz CT molecular complexity index is 145. The quantitative estimate of drug-likeness (QED) is 0.679. The summed E-state index contributed by atoms with van der Waals surface area (Å²) in [5.74, 6) is 0. The molecule has 1 rings (SSSR count). The van der Waals surface area contributed by atoms with Crippen LogP contribution >= 0.6 is 0 Å². The molecule has 1 unspecified atom stereocenters. The van der Waals surface area contributed by atoms with Crippen LogP contribution in [0.25, 0.3) is 0 Å². The molecule has 1 fully saturated rings. The van der Waals surface area contributed by atoms with Crippen molar-refractivity contribution in [2.24, 2.45) is 0 Å². The monoisotopic (exact) mass is 218 g/mol. The second kappa shape index (κ2) is 7.20. The van der Waals surface area contributed by atoms with Gasteiger partial charge in [-0.1, -0.05) is 7.43 Å². The Hall–Kier alpha value is -0.120. The summed E-state index contributed by atoms with van der Waals surface area (Å²) >= 11 is 0. The van der Waals surface area contributed by atoms with Crippen LogP contribution in [0.2, 0.25) is 0 Å². The smallest absolute Gasteiger partial charge is 0.157 e. The number of hydrogen-bond acceptors (Lipinski definition) is 3. The van der Waals surface area contributed by atoms with Crippen molar-refractivity contribution in [1.82, 2.24) is 0 Å². The highest BCUT2D eigenvalue weighted by atomic mass is 16.7. The first-order valence-electron chi connectivity index (χ1n) is 5.45. The highest BCUT2D eigenvalue weighted by molar-refractivity contribution is 4.58. The fourth-order valence-corrected chi connectivity index (χ4v) is 1.37. The summed E-state index contributed by atoms with van der Waals surface area (Å²) in [7, 11) is 0. The summed E-state index contributed by atoms with van der Waals surface area (Å²) in [5, 5.41) is 0. The SMILES string of the molecule is C.CC(C)(C)OCCOC1CCCCO1. The molecule has 1 aliphatic rings. The molecule has 3 heteroatoms. The molecular formula is C12H26O3. The summed E-state index contributed by atoms with van der Waals surface area (Å²) < 4.78 is 16.5. The van der Waals surface area contributed by atoms with Gasteiger partial charge in [0.05, 0.1) is 18.8 Å². The molecule has 1 aliphatic heterocycles. The van der Waals surface area contributed by atoms with Crippen molar-refractivity contribution in [3.63, 3.8) is 0 Å². The van der Waals surface area contributed by atoms with Crippen LogP contribution in [-0.4, -0.2) is 31.7 Å². The van der Waals surface area contributed by atoms with E-state index in [4.69, 9.17) is 14.2 Å². The fraction of sp³-hybridized carbons (Fsp3) is 1.00. The molecule has 1 heterocycles. The first-order chi connectivity index (χ1) is 6.58. The van der Waals surface area contributed by atoms with E-state index >= 15 is 0 Å². The largest absolute Gasteiger partial charge is 0.373 e. The van der Waals surface area contributed by atoms with Gasteiger partial charge in [0.1, 0.15) is 0 Å². The van der Waals surface area contributed by atoms with Crippen LogP contribution in [0, 0.1) is 0 Å². The molecule has 15 heavy (non-hydrogen) atoms. The molecule has 92 valence electrons. The van der Waals surface area contributed by atoms with Crippen molar-refractivity contribution in [3.8, 4) is 0 Å². The van der Waals surface area contributed by atoms with Crippen LogP contribution < -0.4 is 0 Å². The standard InChI is InChI=1S/C11H22O3.CH4/c1-11(2,3)14-9-8-13-10-6-4-5-7-12-10;/h10H,4-9H2,1-3H3;1H4. The van der Waals surface area contributed by atoms with Crippen molar-refractivity contribution in [2.45, 2.75) is 59.4 Å². The lowest BCUT2D eigenvalue weighted by atomic mass is 10.2. The Kier molecular flexibility index (Phi) is 7.14. The lowest BCUT2D eigenvalue weighted by molar-refractivity contribution is -0.174. The molecule has 0 aromatic rings. The van der Waals surface area contributed by atoms with Crippen LogP contribution in [-0.2, 0) is 14.2 Å². The lowest BCUT2D eigenvalue weighted by Crippen LogP contribution is -2.26. The Morgan fingerprint density at radius 3 is 2.47 bits per heavy atom. The average Bonchev–Trinajstić information content (AvgIpc) is 2.13.